The lowest BCUT2D eigenvalue weighted by Crippen LogP contribution is -2.37. The molecule has 8 nitrogen and oxygen atoms in total. The van der Waals surface area contributed by atoms with Crippen molar-refractivity contribution in [2.75, 3.05) is 27.8 Å². The van der Waals surface area contributed by atoms with Gasteiger partial charge in [0.25, 0.3) is 0 Å². The van der Waals surface area contributed by atoms with Crippen molar-refractivity contribution >= 4 is 5.96 Å². The van der Waals surface area contributed by atoms with Gasteiger partial charge >= 0.3 is 0 Å². The molecule has 1 heterocycles. The maximum Gasteiger partial charge on any atom is 0.228 e. The number of ether oxygens (including phenoxy) is 2. The number of methoxy groups -OCH3 is 2. The Bertz CT molecular complexity index is 727. The Kier molecular flexibility index (Phi) is 7.25. The highest BCUT2D eigenvalue weighted by Gasteiger charge is 2.10. The summed E-state index contributed by atoms with van der Waals surface area (Å²) in [5.74, 6) is 3.82. The highest BCUT2D eigenvalue weighted by Crippen LogP contribution is 2.24. The Balaban J connectivity index is 1.84. The van der Waals surface area contributed by atoms with Gasteiger partial charge in [0, 0.05) is 44.1 Å². The van der Waals surface area contributed by atoms with Gasteiger partial charge in [0.05, 0.1) is 14.2 Å². The first kappa shape index (κ1) is 19.6. The second-order valence-electron chi connectivity index (χ2n) is 5.98. The molecule has 2 N–H and O–H groups in total. The molecule has 0 spiro atoms. The predicted octanol–water partition coefficient (Wildman–Crippen LogP) is 2.12. The molecule has 0 saturated heterocycles. The standard InChI is InChI=1S/C18H27N5O3/c1-12(2)17-22-16(26-23-17)8-9-20-18(19-3)21-11-13-6-7-14(24-4)10-15(13)25-5/h6-7,10,12H,8-9,11H2,1-5H3,(H2,19,20,21). The van der Waals surface area contributed by atoms with Crippen LogP contribution < -0.4 is 20.1 Å². The van der Waals surface area contributed by atoms with Gasteiger partial charge in [-0.25, -0.2) is 0 Å². The lowest BCUT2D eigenvalue weighted by molar-refractivity contribution is 0.371. The monoisotopic (exact) mass is 361 g/mol. The molecule has 2 aromatic rings. The van der Waals surface area contributed by atoms with Crippen LogP contribution in [0.15, 0.2) is 27.7 Å². The molecule has 8 heteroatoms. The maximum atomic E-state index is 5.41. The Hall–Kier alpha value is -2.77. The van der Waals surface area contributed by atoms with Crippen molar-refractivity contribution in [3.05, 3.63) is 35.5 Å². The molecule has 0 radical (unpaired) electrons. The van der Waals surface area contributed by atoms with Gasteiger partial charge in [-0.3, -0.25) is 4.99 Å². The fourth-order valence-electron chi connectivity index (χ4n) is 2.29. The van der Waals surface area contributed by atoms with Gasteiger partial charge in [0.15, 0.2) is 11.8 Å². The third kappa shape index (κ3) is 5.37. The first-order valence-electron chi connectivity index (χ1n) is 8.55. The van der Waals surface area contributed by atoms with Crippen LogP contribution in [0, 0.1) is 0 Å². The molecule has 0 aliphatic carbocycles. The van der Waals surface area contributed by atoms with Crippen LogP contribution in [0.4, 0.5) is 0 Å². The minimum atomic E-state index is 0.259. The zero-order valence-electron chi connectivity index (χ0n) is 16.0. The van der Waals surface area contributed by atoms with Crippen LogP contribution in [0.1, 0.15) is 37.0 Å². The van der Waals surface area contributed by atoms with E-state index < -0.39 is 0 Å². The van der Waals surface area contributed by atoms with E-state index in [1.54, 1.807) is 21.3 Å². The zero-order valence-corrected chi connectivity index (χ0v) is 16.0. The van der Waals surface area contributed by atoms with Crippen LogP contribution in [0.25, 0.3) is 0 Å². The minimum Gasteiger partial charge on any atom is -0.497 e. The van der Waals surface area contributed by atoms with Gasteiger partial charge in [-0.05, 0) is 12.1 Å². The molecule has 1 aromatic carbocycles. The summed E-state index contributed by atoms with van der Waals surface area (Å²) in [6.45, 7) is 5.28. The first-order valence-corrected chi connectivity index (χ1v) is 8.55. The number of hydrogen-bond acceptors (Lipinski definition) is 6. The summed E-state index contributed by atoms with van der Waals surface area (Å²) in [6, 6.07) is 5.72. The Morgan fingerprint density at radius 3 is 2.65 bits per heavy atom. The van der Waals surface area contributed by atoms with Crippen LogP contribution in [0.5, 0.6) is 11.5 Å². The van der Waals surface area contributed by atoms with Crippen molar-refractivity contribution in [2.24, 2.45) is 4.99 Å². The van der Waals surface area contributed by atoms with Crippen molar-refractivity contribution in [2.45, 2.75) is 32.7 Å². The first-order chi connectivity index (χ1) is 12.6. The van der Waals surface area contributed by atoms with E-state index in [-0.39, 0.29) is 5.92 Å². The molecule has 142 valence electrons. The Morgan fingerprint density at radius 1 is 1.23 bits per heavy atom. The molecule has 0 amide bonds. The summed E-state index contributed by atoms with van der Waals surface area (Å²) in [5.41, 5.74) is 1.01. The number of nitrogens with zero attached hydrogens (tertiary/aromatic N) is 3. The number of aliphatic imine (C=N–C) groups is 1. The molecule has 0 saturated carbocycles. The van der Waals surface area contributed by atoms with Crippen LogP contribution in [0.2, 0.25) is 0 Å². The predicted molar refractivity (Wildman–Crippen MR) is 99.8 cm³/mol. The summed E-state index contributed by atoms with van der Waals surface area (Å²) in [5, 5.41) is 10.5. The maximum absolute atomic E-state index is 5.41. The molecular formula is C18H27N5O3. The quantitative estimate of drug-likeness (QED) is 0.549. The van der Waals surface area contributed by atoms with E-state index in [4.69, 9.17) is 14.0 Å². The number of hydrogen-bond donors (Lipinski definition) is 2. The summed E-state index contributed by atoms with van der Waals surface area (Å²) in [4.78, 5) is 8.58. The van der Waals surface area contributed by atoms with E-state index in [9.17, 15) is 0 Å². The van der Waals surface area contributed by atoms with Gasteiger partial charge in [0.2, 0.25) is 5.89 Å². The van der Waals surface area contributed by atoms with E-state index in [1.165, 1.54) is 0 Å². The highest BCUT2D eigenvalue weighted by atomic mass is 16.5. The Labute approximate surface area is 154 Å². The lowest BCUT2D eigenvalue weighted by Gasteiger charge is -2.14. The topological polar surface area (TPSA) is 93.8 Å². The SMILES string of the molecule is CN=C(NCCc1nc(C(C)C)no1)NCc1ccc(OC)cc1OC. The second kappa shape index (κ2) is 9.65. The second-order valence-corrected chi connectivity index (χ2v) is 5.98. The normalized spacial score (nSPS) is 11.5. The van der Waals surface area contributed by atoms with Gasteiger partial charge < -0.3 is 24.6 Å². The Morgan fingerprint density at radius 2 is 2.04 bits per heavy atom. The van der Waals surface area contributed by atoms with Crippen molar-refractivity contribution in [3.63, 3.8) is 0 Å². The lowest BCUT2D eigenvalue weighted by atomic mass is 10.2. The molecule has 0 aliphatic rings. The van der Waals surface area contributed by atoms with E-state index in [0.29, 0.717) is 31.4 Å². The molecule has 1 aromatic heterocycles. The molecule has 0 atom stereocenters. The number of rotatable bonds is 8. The fraction of sp³-hybridized carbons (Fsp3) is 0.500. The molecule has 0 bridgehead atoms. The van der Waals surface area contributed by atoms with Crippen molar-refractivity contribution in [1.82, 2.24) is 20.8 Å². The van der Waals surface area contributed by atoms with Gasteiger partial charge in [-0.15, -0.1) is 0 Å². The molecule has 26 heavy (non-hydrogen) atoms. The molecule has 0 aliphatic heterocycles. The van der Waals surface area contributed by atoms with Crippen molar-refractivity contribution in [3.8, 4) is 11.5 Å². The molecule has 0 fully saturated rings. The summed E-state index contributed by atoms with van der Waals surface area (Å²) in [6.07, 6.45) is 0.631. The van der Waals surface area contributed by atoms with Crippen LogP contribution in [0.3, 0.4) is 0 Å². The largest absolute Gasteiger partial charge is 0.497 e. The molecule has 2 rings (SSSR count). The number of guanidine groups is 1. The number of benzene rings is 1. The van der Waals surface area contributed by atoms with E-state index in [1.807, 2.05) is 32.0 Å². The summed E-state index contributed by atoms with van der Waals surface area (Å²) in [7, 11) is 5.00. The van der Waals surface area contributed by atoms with Crippen molar-refractivity contribution < 1.29 is 14.0 Å². The van der Waals surface area contributed by atoms with Crippen LogP contribution in [-0.2, 0) is 13.0 Å². The zero-order chi connectivity index (χ0) is 18.9. The van der Waals surface area contributed by atoms with Gasteiger partial charge in [-0.1, -0.05) is 19.0 Å². The fourth-order valence-corrected chi connectivity index (χ4v) is 2.29. The number of aromatic nitrogens is 2. The van der Waals surface area contributed by atoms with E-state index in [2.05, 4.69) is 25.8 Å². The third-order valence-electron chi connectivity index (χ3n) is 3.80. The summed E-state index contributed by atoms with van der Waals surface area (Å²) < 4.78 is 15.9. The van der Waals surface area contributed by atoms with Gasteiger partial charge in [-0.2, -0.15) is 4.98 Å². The third-order valence-corrected chi connectivity index (χ3v) is 3.80. The van der Waals surface area contributed by atoms with Crippen LogP contribution >= 0.6 is 0 Å². The van der Waals surface area contributed by atoms with E-state index >= 15 is 0 Å². The molecular weight excluding hydrogens is 334 g/mol. The highest BCUT2D eigenvalue weighted by molar-refractivity contribution is 5.79. The smallest absolute Gasteiger partial charge is 0.228 e. The van der Waals surface area contributed by atoms with Crippen LogP contribution in [-0.4, -0.2) is 43.9 Å². The van der Waals surface area contributed by atoms with Crippen molar-refractivity contribution in [1.29, 1.82) is 0 Å². The van der Waals surface area contributed by atoms with Gasteiger partial charge in [0.1, 0.15) is 11.5 Å². The average molecular weight is 361 g/mol. The minimum absolute atomic E-state index is 0.259. The van der Waals surface area contributed by atoms with E-state index in [0.717, 1.165) is 22.9 Å². The number of nitrogens with one attached hydrogen (secondary N) is 2. The molecule has 0 unspecified atom stereocenters. The summed E-state index contributed by atoms with van der Waals surface area (Å²) >= 11 is 0. The average Bonchev–Trinajstić information content (AvgIpc) is 3.13.